The summed E-state index contributed by atoms with van der Waals surface area (Å²) in [6.07, 6.45) is 5.31. The fourth-order valence-corrected chi connectivity index (χ4v) is 4.58. The summed E-state index contributed by atoms with van der Waals surface area (Å²) in [4.78, 5) is 34.3. The predicted octanol–water partition coefficient (Wildman–Crippen LogP) is 4.24. The average Bonchev–Trinajstić information content (AvgIpc) is 3.07. The van der Waals surface area contributed by atoms with Crippen molar-refractivity contribution in [3.63, 3.8) is 0 Å². The fourth-order valence-electron chi connectivity index (χ4n) is 3.25. The lowest BCUT2D eigenvalue weighted by molar-refractivity contribution is -0.394. The SMILES string of the molecule is Cc1occc1S[C@@H]1CCCC[C@H]1NC(=O)c1cc([N+](=O)[O-])cc([N+](=O)[O-])c1. The molecule has 1 aromatic heterocycles. The van der Waals surface area contributed by atoms with Crippen LogP contribution in [-0.4, -0.2) is 27.0 Å². The smallest absolute Gasteiger partial charge is 0.277 e. The highest BCUT2D eigenvalue weighted by Gasteiger charge is 2.29. The first kappa shape index (κ1) is 19.9. The minimum atomic E-state index is -0.745. The van der Waals surface area contributed by atoms with Crippen molar-refractivity contribution >= 4 is 29.0 Å². The molecule has 1 amide bonds. The Kier molecular flexibility index (Phi) is 5.98. The van der Waals surface area contributed by atoms with Crippen LogP contribution in [0.1, 0.15) is 41.8 Å². The van der Waals surface area contributed by atoms with E-state index in [1.165, 1.54) is 0 Å². The third-order valence-corrected chi connectivity index (χ3v) is 6.24. The molecule has 1 N–H and O–H groups in total. The molecule has 1 aromatic carbocycles. The molecule has 3 rings (SSSR count). The first-order valence-corrected chi connectivity index (χ1v) is 9.68. The van der Waals surface area contributed by atoms with E-state index < -0.39 is 27.1 Å². The number of nitro groups is 2. The van der Waals surface area contributed by atoms with E-state index in [2.05, 4.69) is 5.32 Å². The quantitative estimate of drug-likeness (QED) is 0.562. The van der Waals surface area contributed by atoms with Crippen molar-refractivity contribution in [1.29, 1.82) is 0 Å². The van der Waals surface area contributed by atoms with E-state index in [-0.39, 0.29) is 16.9 Å². The van der Waals surface area contributed by atoms with Crippen LogP contribution < -0.4 is 5.32 Å². The van der Waals surface area contributed by atoms with Crippen molar-refractivity contribution < 1.29 is 19.1 Å². The van der Waals surface area contributed by atoms with Gasteiger partial charge in [-0.15, -0.1) is 11.8 Å². The summed E-state index contributed by atoms with van der Waals surface area (Å²) in [5, 5.41) is 25.1. The van der Waals surface area contributed by atoms with E-state index >= 15 is 0 Å². The number of nitro benzene ring substituents is 2. The van der Waals surface area contributed by atoms with Crippen LogP contribution in [0.5, 0.6) is 0 Å². The lowest BCUT2D eigenvalue weighted by atomic mass is 9.94. The summed E-state index contributed by atoms with van der Waals surface area (Å²) >= 11 is 1.63. The molecule has 1 fully saturated rings. The van der Waals surface area contributed by atoms with Gasteiger partial charge >= 0.3 is 0 Å². The van der Waals surface area contributed by atoms with Crippen LogP contribution in [0.25, 0.3) is 0 Å². The zero-order valence-electron chi connectivity index (χ0n) is 15.1. The Bertz CT molecular complexity index is 880. The minimum absolute atomic E-state index is 0.0882. The van der Waals surface area contributed by atoms with Crippen LogP contribution in [0, 0.1) is 27.2 Å². The van der Waals surface area contributed by atoms with E-state index in [1.807, 2.05) is 13.0 Å². The highest BCUT2D eigenvalue weighted by Crippen LogP contribution is 2.36. The van der Waals surface area contributed by atoms with E-state index in [0.29, 0.717) is 0 Å². The Morgan fingerprint density at radius 1 is 1.14 bits per heavy atom. The minimum Gasteiger partial charge on any atom is -0.468 e. The van der Waals surface area contributed by atoms with Crippen LogP contribution >= 0.6 is 11.8 Å². The average molecular weight is 405 g/mol. The molecule has 0 radical (unpaired) electrons. The second-order valence-corrected chi connectivity index (χ2v) is 7.90. The predicted molar refractivity (Wildman–Crippen MR) is 103 cm³/mol. The fraction of sp³-hybridized carbons (Fsp3) is 0.389. The Labute approximate surface area is 164 Å². The molecule has 1 aliphatic rings. The number of nitrogens with one attached hydrogen (secondary N) is 1. The Morgan fingerprint density at radius 2 is 1.79 bits per heavy atom. The molecule has 0 bridgehead atoms. The van der Waals surface area contributed by atoms with Gasteiger partial charge in [-0.2, -0.15) is 0 Å². The number of carbonyl (C=O) groups excluding carboxylic acids is 1. The van der Waals surface area contributed by atoms with E-state index in [0.717, 1.165) is 54.5 Å². The number of benzene rings is 1. The third-order valence-electron chi connectivity index (χ3n) is 4.69. The number of carbonyl (C=O) groups is 1. The molecule has 0 aliphatic heterocycles. The maximum absolute atomic E-state index is 12.7. The second-order valence-electron chi connectivity index (χ2n) is 6.61. The summed E-state index contributed by atoms with van der Waals surface area (Å²) in [5.41, 5.74) is -1.06. The molecule has 28 heavy (non-hydrogen) atoms. The Morgan fingerprint density at radius 3 is 2.36 bits per heavy atom. The molecular weight excluding hydrogens is 386 g/mol. The summed E-state index contributed by atoms with van der Waals surface area (Å²) in [6.45, 7) is 1.88. The van der Waals surface area contributed by atoms with Crippen molar-refractivity contribution in [3.8, 4) is 0 Å². The summed E-state index contributed by atoms with van der Waals surface area (Å²) < 4.78 is 5.33. The molecule has 0 unspecified atom stereocenters. The van der Waals surface area contributed by atoms with Gasteiger partial charge in [-0.05, 0) is 25.8 Å². The number of aryl methyl sites for hydroxylation is 1. The number of amides is 1. The van der Waals surface area contributed by atoms with Crippen LogP contribution in [0.15, 0.2) is 39.8 Å². The lowest BCUT2D eigenvalue weighted by Crippen LogP contribution is -2.43. The molecule has 1 saturated carbocycles. The van der Waals surface area contributed by atoms with Gasteiger partial charge < -0.3 is 9.73 Å². The van der Waals surface area contributed by atoms with Crippen LogP contribution in [0.3, 0.4) is 0 Å². The van der Waals surface area contributed by atoms with Gasteiger partial charge in [0.05, 0.1) is 27.7 Å². The first-order chi connectivity index (χ1) is 13.3. The third kappa shape index (κ3) is 4.50. The maximum atomic E-state index is 12.7. The highest BCUT2D eigenvalue weighted by atomic mass is 32.2. The van der Waals surface area contributed by atoms with Crippen LogP contribution in [-0.2, 0) is 0 Å². The van der Waals surface area contributed by atoms with Crippen molar-refractivity contribution in [3.05, 3.63) is 62.1 Å². The molecule has 0 spiro atoms. The Balaban J connectivity index is 1.79. The zero-order chi connectivity index (χ0) is 20.3. The van der Waals surface area contributed by atoms with Crippen molar-refractivity contribution in [2.45, 2.75) is 48.8 Å². The van der Waals surface area contributed by atoms with Crippen molar-refractivity contribution in [2.24, 2.45) is 0 Å². The normalized spacial score (nSPS) is 19.2. The largest absolute Gasteiger partial charge is 0.468 e. The molecule has 9 nitrogen and oxygen atoms in total. The molecule has 2 atom stereocenters. The number of hydrogen-bond acceptors (Lipinski definition) is 7. The summed E-state index contributed by atoms with van der Waals surface area (Å²) in [7, 11) is 0. The zero-order valence-corrected chi connectivity index (χ0v) is 15.9. The molecule has 0 saturated heterocycles. The topological polar surface area (TPSA) is 129 Å². The summed E-state index contributed by atoms with van der Waals surface area (Å²) in [6, 6.07) is 4.72. The van der Waals surface area contributed by atoms with Gasteiger partial charge in [0.2, 0.25) is 0 Å². The number of rotatable bonds is 6. The maximum Gasteiger partial charge on any atom is 0.277 e. The number of thioether (sulfide) groups is 1. The van der Waals surface area contributed by atoms with Gasteiger partial charge in [0.15, 0.2) is 0 Å². The Hall–Kier alpha value is -2.88. The highest BCUT2D eigenvalue weighted by molar-refractivity contribution is 8.00. The van der Waals surface area contributed by atoms with Crippen LogP contribution in [0.4, 0.5) is 11.4 Å². The van der Waals surface area contributed by atoms with Crippen molar-refractivity contribution in [2.75, 3.05) is 0 Å². The molecular formula is C18H19N3O6S. The van der Waals surface area contributed by atoms with E-state index in [4.69, 9.17) is 4.42 Å². The number of hydrogen-bond donors (Lipinski definition) is 1. The van der Waals surface area contributed by atoms with Crippen molar-refractivity contribution in [1.82, 2.24) is 5.32 Å². The van der Waals surface area contributed by atoms with E-state index in [1.54, 1.807) is 18.0 Å². The van der Waals surface area contributed by atoms with Crippen LogP contribution in [0.2, 0.25) is 0 Å². The summed E-state index contributed by atoms with van der Waals surface area (Å²) in [5.74, 6) is 0.267. The van der Waals surface area contributed by atoms with Gasteiger partial charge in [-0.3, -0.25) is 25.0 Å². The molecule has 2 aromatic rings. The molecule has 1 heterocycles. The standard InChI is InChI=1S/C18H19N3O6S/c1-11-16(6-7-27-11)28-17-5-3-2-4-15(17)19-18(22)12-8-13(20(23)24)10-14(9-12)21(25)26/h6-10,15,17H,2-5H2,1H3,(H,19,22)/t15-,17-/m1/s1. The second kappa shape index (κ2) is 8.42. The van der Waals surface area contributed by atoms with Gasteiger partial charge in [0.25, 0.3) is 17.3 Å². The molecule has 1 aliphatic carbocycles. The number of nitrogens with zero attached hydrogens (tertiary/aromatic N) is 2. The van der Waals surface area contributed by atoms with Gasteiger partial charge in [0, 0.05) is 28.3 Å². The van der Waals surface area contributed by atoms with Gasteiger partial charge in [-0.25, -0.2) is 0 Å². The molecule has 10 heteroatoms. The first-order valence-electron chi connectivity index (χ1n) is 8.80. The van der Waals surface area contributed by atoms with Gasteiger partial charge in [0.1, 0.15) is 5.76 Å². The number of furan rings is 1. The monoisotopic (exact) mass is 405 g/mol. The number of non-ortho nitro benzene ring substituents is 2. The van der Waals surface area contributed by atoms with E-state index in [9.17, 15) is 25.0 Å². The lowest BCUT2D eigenvalue weighted by Gasteiger charge is -2.31. The molecule has 148 valence electrons. The van der Waals surface area contributed by atoms with Gasteiger partial charge in [-0.1, -0.05) is 12.8 Å².